The highest BCUT2D eigenvalue weighted by Crippen LogP contribution is 2.27. The van der Waals surface area contributed by atoms with E-state index in [4.69, 9.17) is 9.47 Å². The Morgan fingerprint density at radius 2 is 1.96 bits per heavy atom. The molecule has 0 saturated carbocycles. The molecule has 1 aromatic carbocycles. The summed E-state index contributed by atoms with van der Waals surface area (Å²) in [5.41, 5.74) is 0.886. The molecule has 148 valence electrons. The second-order valence-corrected chi connectivity index (χ2v) is 7.26. The third-order valence-corrected chi connectivity index (χ3v) is 5.25. The molecule has 1 atom stereocenters. The van der Waals surface area contributed by atoms with Crippen molar-refractivity contribution in [3.8, 4) is 11.6 Å². The fourth-order valence-corrected chi connectivity index (χ4v) is 3.71. The Labute approximate surface area is 165 Å². The first-order chi connectivity index (χ1) is 13.8. The third kappa shape index (κ3) is 4.85. The molecule has 0 spiro atoms. The molecule has 0 radical (unpaired) electrons. The number of rotatable bonds is 5. The highest BCUT2D eigenvalue weighted by Gasteiger charge is 2.27. The van der Waals surface area contributed by atoms with Crippen LogP contribution in [-0.2, 0) is 9.53 Å². The minimum Gasteiger partial charge on any atom is -0.437 e. The molecule has 0 bridgehead atoms. The molecule has 2 aliphatic rings. The van der Waals surface area contributed by atoms with Crippen molar-refractivity contribution >= 4 is 5.91 Å². The first-order valence-electron chi connectivity index (χ1n) is 9.90. The molecule has 1 aromatic heterocycles. The lowest BCUT2D eigenvalue weighted by molar-refractivity contribution is -0.134. The molecular formula is C21H26N4O3. The summed E-state index contributed by atoms with van der Waals surface area (Å²) in [4.78, 5) is 25.8. The maximum Gasteiger partial charge on any atom is 0.238 e. The zero-order valence-electron chi connectivity index (χ0n) is 16.0. The van der Waals surface area contributed by atoms with Crippen molar-refractivity contribution in [1.82, 2.24) is 19.8 Å². The van der Waals surface area contributed by atoms with Crippen LogP contribution in [0.3, 0.4) is 0 Å². The van der Waals surface area contributed by atoms with Gasteiger partial charge in [0, 0.05) is 38.3 Å². The number of ether oxygens (including phenoxy) is 2. The molecule has 28 heavy (non-hydrogen) atoms. The molecule has 2 aliphatic heterocycles. The summed E-state index contributed by atoms with van der Waals surface area (Å²) >= 11 is 0. The third-order valence-electron chi connectivity index (χ3n) is 5.25. The highest BCUT2D eigenvalue weighted by molar-refractivity contribution is 5.78. The van der Waals surface area contributed by atoms with Crippen molar-refractivity contribution in [3.05, 3.63) is 48.4 Å². The number of hydrogen-bond acceptors (Lipinski definition) is 6. The summed E-state index contributed by atoms with van der Waals surface area (Å²) in [5, 5.41) is 0. The number of carbonyl (C=O) groups is 1. The second kappa shape index (κ2) is 9.12. The average Bonchev–Trinajstić information content (AvgIpc) is 2.75. The van der Waals surface area contributed by atoms with Gasteiger partial charge in [-0.1, -0.05) is 18.2 Å². The molecule has 2 saturated heterocycles. The fraction of sp³-hybridized carbons (Fsp3) is 0.476. The van der Waals surface area contributed by atoms with Crippen LogP contribution in [0.15, 0.2) is 42.7 Å². The molecule has 0 N–H and O–H groups in total. The highest BCUT2D eigenvalue weighted by atomic mass is 16.5. The lowest BCUT2D eigenvalue weighted by Crippen LogP contribution is -2.47. The molecule has 7 heteroatoms. The summed E-state index contributed by atoms with van der Waals surface area (Å²) in [7, 11) is 0. The van der Waals surface area contributed by atoms with Crippen molar-refractivity contribution in [3.63, 3.8) is 0 Å². The van der Waals surface area contributed by atoms with Crippen molar-refractivity contribution in [2.75, 3.05) is 45.9 Å². The minimum atomic E-state index is 0.189. The van der Waals surface area contributed by atoms with Gasteiger partial charge in [0.2, 0.25) is 11.8 Å². The van der Waals surface area contributed by atoms with E-state index in [0.29, 0.717) is 32.2 Å². The van der Waals surface area contributed by atoms with Crippen molar-refractivity contribution in [1.29, 1.82) is 0 Å². The molecule has 2 fully saturated rings. The molecule has 7 nitrogen and oxygen atoms in total. The van der Waals surface area contributed by atoms with Gasteiger partial charge in [0.25, 0.3) is 0 Å². The summed E-state index contributed by atoms with van der Waals surface area (Å²) in [6.45, 7) is 5.04. The Morgan fingerprint density at radius 3 is 2.79 bits per heavy atom. The fourth-order valence-electron chi connectivity index (χ4n) is 3.71. The summed E-state index contributed by atoms with van der Waals surface area (Å²) in [6, 6.07) is 9.57. The predicted octanol–water partition coefficient (Wildman–Crippen LogP) is 2.31. The van der Waals surface area contributed by atoms with Gasteiger partial charge in [-0.25, -0.2) is 4.98 Å². The van der Waals surface area contributed by atoms with Crippen LogP contribution < -0.4 is 4.74 Å². The Hall–Kier alpha value is -2.51. The van der Waals surface area contributed by atoms with Crippen molar-refractivity contribution in [2.24, 2.45) is 0 Å². The Balaban J connectivity index is 1.38. The van der Waals surface area contributed by atoms with Crippen LogP contribution in [0.25, 0.3) is 0 Å². The van der Waals surface area contributed by atoms with E-state index in [-0.39, 0.29) is 11.8 Å². The first-order valence-corrected chi connectivity index (χ1v) is 9.90. The van der Waals surface area contributed by atoms with Crippen LogP contribution in [0.5, 0.6) is 11.6 Å². The minimum absolute atomic E-state index is 0.189. The molecule has 1 amide bonds. The van der Waals surface area contributed by atoms with Crippen LogP contribution in [0.4, 0.5) is 0 Å². The van der Waals surface area contributed by atoms with Gasteiger partial charge in [0.05, 0.1) is 31.6 Å². The summed E-state index contributed by atoms with van der Waals surface area (Å²) in [6.07, 6.45) is 5.40. The Bertz CT molecular complexity index is 780. The van der Waals surface area contributed by atoms with Gasteiger partial charge >= 0.3 is 0 Å². The molecule has 1 unspecified atom stereocenters. The maximum absolute atomic E-state index is 12.7. The molecule has 0 aliphatic carbocycles. The van der Waals surface area contributed by atoms with Gasteiger partial charge in [0.15, 0.2) is 0 Å². The number of carbonyl (C=O) groups excluding carboxylic acids is 1. The number of para-hydroxylation sites is 1. The van der Waals surface area contributed by atoms with Crippen LogP contribution in [0, 0.1) is 0 Å². The van der Waals surface area contributed by atoms with Gasteiger partial charge in [-0.2, -0.15) is 0 Å². The van der Waals surface area contributed by atoms with E-state index in [1.807, 2.05) is 35.2 Å². The van der Waals surface area contributed by atoms with Crippen LogP contribution >= 0.6 is 0 Å². The zero-order chi connectivity index (χ0) is 19.2. The Kier molecular flexibility index (Phi) is 6.14. The van der Waals surface area contributed by atoms with E-state index in [2.05, 4.69) is 14.9 Å². The van der Waals surface area contributed by atoms with E-state index in [1.54, 1.807) is 12.4 Å². The van der Waals surface area contributed by atoms with E-state index < -0.39 is 0 Å². The largest absolute Gasteiger partial charge is 0.437 e. The van der Waals surface area contributed by atoms with Gasteiger partial charge in [-0.3, -0.25) is 14.7 Å². The first kappa shape index (κ1) is 18.8. The normalized spacial score (nSPS) is 20.7. The number of morpholine rings is 1. The van der Waals surface area contributed by atoms with E-state index >= 15 is 0 Å². The monoisotopic (exact) mass is 382 g/mol. The molecular weight excluding hydrogens is 356 g/mol. The lowest BCUT2D eigenvalue weighted by atomic mass is 9.95. The number of piperidine rings is 1. The standard InChI is InChI=1S/C21H26N4O3/c26-21(16-24-9-11-27-12-10-24)25-8-4-5-17(15-25)19-13-22-14-20(23-19)28-18-6-2-1-3-7-18/h1-3,6-7,13-14,17H,4-5,8-12,15-16H2. The molecule has 4 rings (SSSR count). The van der Waals surface area contributed by atoms with Gasteiger partial charge < -0.3 is 14.4 Å². The number of benzene rings is 1. The van der Waals surface area contributed by atoms with E-state index in [9.17, 15) is 4.79 Å². The zero-order valence-corrected chi connectivity index (χ0v) is 16.0. The number of likely N-dealkylation sites (tertiary alicyclic amines) is 1. The SMILES string of the molecule is O=C(CN1CCOCC1)N1CCCC(c2cncc(Oc3ccccc3)n2)C1. The topological polar surface area (TPSA) is 67.8 Å². The average molecular weight is 382 g/mol. The Morgan fingerprint density at radius 1 is 1.14 bits per heavy atom. The lowest BCUT2D eigenvalue weighted by Gasteiger charge is -2.34. The summed E-state index contributed by atoms with van der Waals surface area (Å²) in [5.74, 6) is 1.60. The maximum atomic E-state index is 12.7. The number of hydrogen-bond donors (Lipinski definition) is 0. The second-order valence-electron chi connectivity index (χ2n) is 7.26. The van der Waals surface area contributed by atoms with E-state index in [1.165, 1.54) is 0 Å². The predicted molar refractivity (Wildman–Crippen MR) is 104 cm³/mol. The van der Waals surface area contributed by atoms with Gasteiger partial charge in [-0.15, -0.1) is 0 Å². The quantitative estimate of drug-likeness (QED) is 0.791. The van der Waals surface area contributed by atoms with Gasteiger partial charge in [-0.05, 0) is 25.0 Å². The van der Waals surface area contributed by atoms with Crippen molar-refractivity contribution in [2.45, 2.75) is 18.8 Å². The van der Waals surface area contributed by atoms with Crippen molar-refractivity contribution < 1.29 is 14.3 Å². The van der Waals surface area contributed by atoms with Crippen LogP contribution in [0.2, 0.25) is 0 Å². The number of amides is 1. The van der Waals surface area contributed by atoms with E-state index in [0.717, 1.165) is 43.9 Å². The molecule has 3 heterocycles. The van der Waals surface area contributed by atoms with Crippen LogP contribution in [-0.4, -0.2) is 71.6 Å². The van der Waals surface area contributed by atoms with Gasteiger partial charge in [0.1, 0.15) is 5.75 Å². The summed E-state index contributed by atoms with van der Waals surface area (Å²) < 4.78 is 11.2. The number of aromatic nitrogens is 2. The number of nitrogens with zero attached hydrogens (tertiary/aromatic N) is 4. The molecule has 2 aromatic rings. The smallest absolute Gasteiger partial charge is 0.238 e. The van der Waals surface area contributed by atoms with Crippen LogP contribution in [0.1, 0.15) is 24.5 Å².